The van der Waals surface area contributed by atoms with E-state index in [0.717, 1.165) is 17.2 Å². The molecule has 0 saturated heterocycles. The van der Waals surface area contributed by atoms with E-state index in [-0.39, 0.29) is 22.7 Å². The summed E-state index contributed by atoms with van der Waals surface area (Å²) in [5, 5.41) is 28.8. The summed E-state index contributed by atoms with van der Waals surface area (Å²) in [4.78, 5) is 15.2. The molecule has 0 bridgehead atoms. The summed E-state index contributed by atoms with van der Waals surface area (Å²) in [6.45, 7) is 6.38. The van der Waals surface area contributed by atoms with Gasteiger partial charge in [-0.1, -0.05) is 36.4 Å². The number of nitrogens with one attached hydrogen (secondary N) is 1. The molecule has 208 valence electrons. The molecule has 11 heteroatoms. The number of ether oxygens (including phenoxy) is 1. The van der Waals surface area contributed by atoms with Crippen LogP contribution in [0.15, 0.2) is 66.7 Å². The van der Waals surface area contributed by atoms with Crippen LogP contribution in [0.1, 0.15) is 42.3 Å². The topological polar surface area (TPSA) is 99.9 Å². The van der Waals surface area contributed by atoms with Crippen LogP contribution in [0, 0.1) is 0 Å². The Bertz CT molecular complexity index is 1570. The zero-order chi connectivity index (χ0) is 28.8. The SMILES string of the molecule is CC(C)(C)n1nc(-c2cccc(OC(F)(F)F)c2)cc1Nc1cc(O)cc(O)c1C(=O)N1Cc2ccccc2C1. The van der Waals surface area contributed by atoms with Crippen molar-refractivity contribution in [1.82, 2.24) is 14.7 Å². The Balaban J connectivity index is 1.52. The van der Waals surface area contributed by atoms with Crippen molar-refractivity contribution >= 4 is 17.4 Å². The molecule has 3 aromatic carbocycles. The van der Waals surface area contributed by atoms with Gasteiger partial charge in [0, 0.05) is 36.9 Å². The fourth-order valence-corrected chi connectivity index (χ4v) is 4.68. The van der Waals surface area contributed by atoms with Crippen molar-refractivity contribution in [2.45, 2.75) is 45.8 Å². The van der Waals surface area contributed by atoms with E-state index in [9.17, 15) is 28.2 Å². The van der Waals surface area contributed by atoms with Crippen molar-refractivity contribution in [3.63, 3.8) is 0 Å². The summed E-state index contributed by atoms with van der Waals surface area (Å²) in [6, 6.07) is 17.2. The zero-order valence-corrected chi connectivity index (χ0v) is 22.0. The third-order valence-electron chi connectivity index (χ3n) is 6.42. The number of carbonyl (C=O) groups excluding carboxylic acids is 1. The van der Waals surface area contributed by atoms with E-state index < -0.39 is 23.6 Å². The van der Waals surface area contributed by atoms with Gasteiger partial charge in [-0.15, -0.1) is 13.2 Å². The second kappa shape index (κ2) is 9.82. The minimum Gasteiger partial charge on any atom is -0.508 e. The fourth-order valence-electron chi connectivity index (χ4n) is 4.68. The molecule has 0 spiro atoms. The Morgan fingerprint density at radius 1 is 0.950 bits per heavy atom. The Hall–Kier alpha value is -4.67. The maximum absolute atomic E-state index is 13.6. The van der Waals surface area contributed by atoms with Crippen molar-refractivity contribution in [3.8, 4) is 28.5 Å². The van der Waals surface area contributed by atoms with Crippen molar-refractivity contribution in [2.24, 2.45) is 0 Å². The number of anilines is 2. The lowest BCUT2D eigenvalue weighted by molar-refractivity contribution is -0.274. The van der Waals surface area contributed by atoms with Gasteiger partial charge in [0.25, 0.3) is 5.91 Å². The van der Waals surface area contributed by atoms with E-state index in [1.165, 1.54) is 24.3 Å². The predicted octanol–water partition coefficient (Wildman–Crippen LogP) is 6.51. The maximum Gasteiger partial charge on any atom is 0.573 e. The predicted molar refractivity (Wildman–Crippen MR) is 142 cm³/mol. The monoisotopic (exact) mass is 552 g/mol. The highest BCUT2D eigenvalue weighted by atomic mass is 19.4. The summed E-state index contributed by atoms with van der Waals surface area (Å²) in [5.74, 6) is -1.10. The largest absolute Gasteiger partial charge is 0.573 e. The minimum atomic E-state index is -4.84. The Morgan fingerprint density at radius 3 is 2.25 bits per heavy atom. The molecule has 0 atom stereocenters. The standard InChI is InChI=1S/C29H27F3N4O4/c1-28(2,3)36-25(14-22(34-36)17-9-6-10-21(11-17)40-29(30,31)32)33-23-12-20(37)13-24(38)26(23)27(39)35-15-18-7-4-5-8-19(18)16-35/h4-14,33,37-38H,15-16H2,1-3H3. The molecule has 1 aliphatic rings. The number of phenols is 2. The number of alkyl halides is 3. The summed E-state index contributed by atoms with van der Waals surface area (Å²) in [7, 11) is 0. The van der Waals surface area contributed by atoms with Gasteiger partial charge in [0.1, 0.15) is 28.6 Å². The number of aromatic nitrogens is 2. The summed E-state index contributed by atoms with van der Waals surface area (Å²) in [6.07, 6.45) is -4.84. The summed E-state index contributed by atoms with van der Waals surface area (Å²) in [5.41, 5.74) is 2.25. The molecular formula is C29H27F3N4O4. The molecule has 0 aliphatic carbocycles. The van der Waals surface area contributed by atoms with Gasteiger partial charge in [-0.25, -0.2) is 4.68 Å². The molecule has 0 saturated carbocycles. The van der Waals surface area contributed by atoms with Gasteiger partial charge in [-0.05, 0) is 44.0 Å². The third kappa shape index (κ3) is 5.54. The van der Waals surface area contributed by atoms with Gasteiger partial charge in [0.05, 0.1) is 16.9 Å². The van der Waals surface area contributed by atoms with Gasteiger partial charge in [-0.2, -0.15) is 5.10 Å². The number of phenolic OH excluding ortho intramolecular Hbond substituents is 2. The highest BCUT2D eigenvalue weighted by Crippen LogP contribution is 2.38. The highest BCUT2D eigenvalue weighted by molar-refractivity contribution is 6.03. The summed E-state index contributed by atoms with van der Waals surface area (Å²) >= 11 is 0. The van der Waals surface area contributed by atoms with Crippen molar-refractivity contribution in [3.05, 3.63) is 83.4 Å². The average molecular weight is 553 g/mol. The number of rotatable bonds is 5. The lowest BCUT2D eigenvalue weighted by Crippen LogP contribution is -2.27. The van der Waals surface area contributed by atoms with E-state index in [4.69, 9.17) is 0 Å². The second-order valence-corrected chi connectivity index (χ2v) is 10.5. The first-order valence-corrected chi connectivity index (χ1v) is 12.4. The quantitative estimate of drug-likeness (QED) is 0.261. The number of hydrogen-bond acceptors (Lipinski definition) is 6. The molecule has 40 heavy (non-hydrogen) atoms. The molecule has 0 radical (unpaired) electrons. The zero-order valence-electron chi connectivity index (χ0n) is 22.0. The molecule has 1 aliphatic heterocycles. The fraction of sp³-hybridized carbons (Fsp3) is 0.241. The van der Waals surface area contributed by atoms with E-state index in [1.807, 2.05) is 45.0 Å². The Morgan fingerprint density at radius 2 is 1.62 bits per heavy atom. The molecule has 0 unspecified atom stereocenters. The van der Waals surface area contributed by atoms with Crippen molar-refractivity contribution in [1.29, 1.82) is 0 Å². The highest BCUT2D eigenvalue weighted by Gasteiger charge is 2.32. The number of halogens is 3. The minimum absolute atomic E-state index is 0.0330. The van der Waals surface area contributed by atoms with Gasteiger partial charge >= 0.3 is 6.36 Å². The van der Waals surface area contributed by atoms with Crippen molar-refractivity contribution < 1.29 is 32.9 Å². The van der Waals surface area contributed by atoms with Gasteiger partial charge < -0.3 is 25.2 Å². The van der Waals surface area contributed by atoms with E-state index in [1.54, 1.807) is 21.7 Å². The molecule has 3 N–H and O–H groups in total. The van der Waals surface area contributed by atoms with Crippen LogP contribution in [0.25, 0.3) is 11.3 Å². The van der Waals surface area contributed by atoms with Crippen LogP contribution in [0.3, 0.4) is 0 Å². The average Bonchev–Trinajstić information content (AvgIpc) is 3.47. The molecule has 1 aromatic heterocycles. The number of hydrogen-bond donors (Lipinski definition) is 3. The second-order valence-electron chi connectivity index (χ2n) is 10.5. The molecule has 5 rings (SSSR count). The number of nitrogens with zero attached hydrogens (tertiary/aromatic N) is 3. The number of aromatic hydroxyl groups is 2. The molecular weight excluding hydrogens is 525 g/mol. The Labute approximate surface area is 228 Å². The molecule has 1 amide bonds. The smallest absolute Gasteiger partial charge is 0.508 e. The molecule has 8 nitrogen and oxygen atoms in total. The van der Waals surface area contributed by atoms with Crippen LogP contribution in [0.4, 0.5) is 24.7 Å². The first kappa shape index (κ1) is 26.9. The first-order chi connectivity index (χ1) is 18.8. The number of amides is 1. The van der Waals surface area contributed by atoms with E-state index >= 15 is 0 Å². The number of fused-ring (bicyclic) bond motifs is 1. The van der Waals surface area contributed by atoms with E-state index in [2.05, 4.69) is 15.2 Å². The lowest BCUT2D eigenvalue weighted by Gasteiger charge is -2.24. The Kier molecular flexibility index (Phi) is 6.61. The normalized spacial score (nSPS) is 13.3. The van der Waals surface area contributed by atoms with Crippen LogP contribution in [-0.2, 0) is 18.6 Å². The number of benzene rings is 3. The third-order valence-corrected chi connectivity index (χ3v) is 6.42. The van der Waals surface area contributed by atoms with E-state index in [0.29, 0.717) is 30.2 Å². The van der Waals surface area contributed by atoms with Crippen LogP contribution in [-0.4, -0.2) is 37.2 Å². The molecule has 2 heterocycles. The lowest BCUT2D eigenvalue weighted by atomic mass is 10.1. The van der Waals surface area contributed by atoms with Crippen LogP contribution in [0.5, 0.6) is 17.2 Å². The van der Waals surface area contributed by atoms with Gasteiger partial charge in [-0.3, -0.25) is 4.79 Å². The first-order valence-electron chi connectivity index (χ1n) is 12.4. The molecule has 0 fully saturated rings. The van der Waals surface area contributed by atoms with Crippen LogP contribution in [0.2, 0.25) is 0 Å². The molecule has 4 aromatic rings. The maximum atomic E-state index is 13.6. The van der Waals surface area contributed by atoms with Crippen LogP contribution >= 0.6 is 0 Å². The van der Waals surface area contributed by atoms with Gasteiger partial charge in [0.15, 0.2) is 0 Å². The summed E-state index contributed by atoms with van der Waals surface area (Å²) < 4.78 is 44.0. The van der Waals surface area contributed by atoms with Crippen molar-refractivity contribution in [2.75, 3.05) is 5.32 Å². The number of carbonyl (C=O) groups is 1. The van der Waals surface area contributed by atoms with Crippen LogP contribution < -0.4 is 10.1 Å². The van der Waals surface area contributed by atoms with Gasteiger partial charge in [0.2, 0.25) is 0 Å².